The minimum absolute atomic E-state index is 0.382. The van der Waals surface area contributed by atoms with Gasteiger partial charge in [-0.1, -0.05) is 84.9 Å². The van der Waals surface area contributed by atoms with Crippen molar-refractivity contribution in [3.8, 4) is 0 Å². The SMILES string of the molecule is O=C(NC(c1ccccc1)c1cccc(F)c1)NC(c1ccccc1)c1cccc(F)c1. The minimum Gasteiger partial charge on any atom is -0.327 e. The highest BCUT2D eigenvalue weighted by Crippen LogP contribution is 2.25. The Balaban J connectivity index is 1.63. The summed E-state index contributed by atoms with van der Waals surface area (Å²) >= 11 is 0. The number of benzene rings is 4. The molecule has 3 nitrogen and oxygen atoms in total. The summed E-state index contributed by atoms with van der Waals surface area (Å²) in [6, 6.07) is 29.4. The molecule has 2 amide bonds. The molecule has 0 fully saturated rings. The largest absolute Gasteiger partial charge is 0.327 e. The summed E-state index contributed by atoms with van der Waals surface area (Å²) in [4.78, 5) is 13.1. The lowest BCUT2D eigenvalue weighted by Gasteiger charge is -2.24. The molecule has 0 saturated heterocycles. The van der Waals surface area contributed by atoms with Crippen molar-refractivity contribution in [2.24, 2.45) is 0 Å². The fourth-order valence-electron chi connectivity index (χ4n) is 3.69. The van der Waals surface area contributed by atoms with Crippen LogP contribution in [0.1, 0.15) is 34.3 Å². The fourth-order valence-corrected chi connectivity index (χ4v) is 3.69. The van der Waals surface area contributed by atoms with Gasteiger partial charge in [0.05, 0.1) is 12.1 Å². The zero-order chi connectivity index (χ0) is 22.3. The second-order valence-electron chi connectivity index (χ2n) is 7.42. The molecule has 0 spiro atoms. The van der Waals surface area contributed by atoms with Crippen molar-refractivity contribution in [3.63, 3.8) is 0 Å². The van der Waals surface area contributed by atoms with E-state index in [1.165, 1.54) is 24.3 Å². The second-order valence-corrected chi connectivity index (χ2v) is 7.42. The molecule has 4 aromatic carbocycles. The van der Waals surface area contributed by atoms with Crippen molar-refractivity contribution in [2.75, 3.05) is 0 Å². The van der Waals surface area contributed by atoms with Crippen LogP contribution in [-0.4, -0.2) is 6.03 Å². The highest BCUT2D eigenvalue weighted by Gasteiger charge is 2.21. The highest BCUT2D eigenvalue weighted by molar-refractivity contribution is 5.76. The first-order valence-corrected chi connectivity index (χ1v) is 10.3. The second kappa shape index (κ2) is 9.88. The van der Waals surface area contributed by atoms with Crippen LogP contribution < -0.4 is 10.6 Å². The maximum absolute atomic E-state index is 13.9. The van der Waals surface area contributed by atoms with Crippen molar-refractivity contribution >= 4 is 6.03 Å². The number of halogens is 2. The normalized spacial score (nSPS) is 12.6. The lowest BCUT2D eigenvalue weighted by atomic mass is 9.98. The molecule has 2 atom stereocenters. The van der Waals surface area contributed by atoms with E-state index in [4.69, 9.17) is 0 Å². The van der Waals surface area contributed by atoms with Crippen molar-refractivity contribution in [1.82, 2.24) is 10.6 Å². The molecule has 2 N–H and O–H groups in total. The van der Waals surface area contributed by atoms with Crippen molar-refractivity contribution < 1.29 is 13.6 Å². The Morgan fingerprint density at radius 3 is 1.28 bits per heavy atom. The number of carbonyl (C=O) groups excluding carboxylic acids is 1. The minimum atomic E-state index is -0.559. The molecule has 4 aromatic rings. The third-order valence-electron chi connectivity index (χ3n) is 5.18. The number of hydrogen-bond donors (Lipinski definition) is 2. The van der Waals surface area contributed by atoms with E-state index in [2.05, 4.69) is 10.6 Å². The quantitative estimate of drug-likeness (QED) is 0.380. The predicted octanol–water partition coefficient (Wildman–Crippen LogP) is 6.14. The molecule has 0 bridgehead atoms. The summed E-state index contributed by atoms with van der Waals surface area (Å²) in [5.74, 6) is -0.764. The van der Waals surface area contributed by atoms with Gasteiger partial charge in [0.15, 0.2) is 0 Å². The Labute approximate surface area is 185 Å². The van der Waals surface area contributed by atoms with E-state index in [0.29, 0.717) is 11.1 Å². The van der Waals surface area contributed by atoms with Gasteiger partial charge in [-0.2, -0.15) is 0 Å². The maximum atomic E-state index is 13.9. The van der Waals surface area contributed by atoms with Gasteiger partial charge >= 0.3 is 6.03 Å². The summed E-state index contributed by atoms with van der Waals surface area (Å²) in [6.45, 7) is 0. The Morgan fingerprint density at radius 2 is 0.906 bits per heavy atom. The molecule has 0 aliphatic carbocycles. The number of amides is 2. The summed E-state index contributed by atoms with van der Waals surface area (Å²) in [7, 11) is 0. The van der Waals surface area contributed by atoms with Crippen LogP contribution in [0.15, 0.2) is 109 Å². The first-order valence-electron chi connectivity index (χ1n) is 10.3. The van der Waals surface area contributed by atoms with E-state index >= 15 is 0 Å². The molecule has 5 heteroatoms. The monoisotopic (exact) mass is 428 g/mol. The molecule has 0 radical (unpaired) electrons. The Kier molecular flexibility index (Phi) is 6.56. The van der Waals surface area contributed by atoms with Gasteiger partial charge in [0.1, 0.15) is 11.6 Å². The summed E-state index contributed by atoms with van der Waals surface area (Å²) in [5, 5.41) is 5.90. The van der Waals surface area contributed by atoms with Crippen LogP contribution in [0.4, 0.5) is 13.6 Å². The van der Waals surface area contributed by atoms with Crippen LogP contribution in [0, 0.1) is 11.6 Å². The summed E-state index contributed by atoms with van der Waals surface area (Å²) < 4.78 is 27.8. The van der Waals surface area contributed by atoms with Gasteiger partial charge in [-0.3, -0.25) is 0 Å². The lowest BCUT2D eigenvalue weighted by molar-refractivity contribution is 0.236. The molecule has 0 aliphatic rings. The molecule has 32 heavy (non-hydrogen) atoms. The zero-order valence-electron chi connectivity index (χ0n) is 17.2. The van der Waals surface area contributed by atoms with Crippen molar-refractivity contribution in [1.29, 1.82) is 0 Å². The van der Waals surface area contributed by atoms with Gasteiger partial charge in [0.2, 0.25) is 0 Å². The average molecular weight is 428 g/mol. The Hall–Kier alpha value is -3.99. The molecule has 0 aromatic heterocycles. The number of rotatable bonds is 6. The molecule has 4 rings (SSSR count). The van der Waals surface area contributed by atoms with Crippen LogP contribution in [0.5, 0.6) is 0 Å². The number of nitrogens with one attached hydrogen (secondary N) is 2. The van der Waals surface area contributed by atoms with E-state index in [1.807, 2.05) is 60.7 Å². The third-order valence-corrected chi connectivity index (χ3v) is 5.18. The zero-order valence-corrected chi connectivity index (χ0v) is 17.2. The van der Waals surface area contributed by atoms with Gasteiger partial charge in [0, 0.05) is 0 Å². The van der Waals surface area contributed by atoms with E-state index in [0.717, 1.165) is 11.1 Å². The van der Waals surface area contributed by atoms with Gasteiger partial charge in [-0.25, -0.2) is 13.6 Å². The lowest BCUT2D eigenvalue weighted by Crippen LogP contribution is -2.40. The fraction of sp³-hybridized carbons (Fsp3) is 0.0741. The first kappa shape index (κ1) is 21.2. The van der Waals surface area contributed by atoms with E-state index in [9.17, 15) is 13.6 Å². The summed E-state index contributed by atoms with van der Waals surface area (Å²) in [6.07, 6.45) is 0. The molecule has 0 heterocycles. The number of hydrogen-bond acceptors (Lipinski definition) is 1. The smallest absolute Gasteiger partial charge is 0.316 e. The van der Waals surface area contributed by atoms with Gasteiger partial charge in [-0.05, 0) is 46.5 Å². The molecular formula is C27H22F2N2O. The number of urea groups is 1. The van der Waals surface area contributed by atoms with Gasteiger partial charge in [-0.15, -0.1) is 0 Å². The Morgan fingerprint density at radius 1 is 0.531 bits per heavy atom. The van der Waals surface area contributed by atoms with Crippen molar-refractivity contribution in [2.45, 2.75) is 12.1 Å². The van der Waals surface area contributed by atoms with E-state index in [1.54, 1.807) is 24.3 Å². The van der Waals surface area contributed by atoms with E-state index < -0.39 is 18.1 Å². The van der Waals surface area contributed by atoms with Crippen molar-refractivity contribution in [3.05, 3.63) is 143 Å². The average Bonchev–Trinajstić information content (AvgIpc) is 2.82. The maximum Gasteiger partial charge on any atom is 0.316 e. The molecule has 2 unspecified atom stereocenters. The van der Waals surface area contributed by atoms with E-state index in [-0.39, 0.29) is 11.6 Å². The molecule has 0 aliphatic heterocycles. The molecule has 160 valence electrons. The predicted molar refractivity (Wildman–Crippen MR) is 121 cm³/mol. The van der Waals surface area contributed by atoms with Crippen LogP contribution in [0.25, 0.3) is 0 Å². The Bertz CT molecular complexity index is 1090. The van der Waals surface area contributed by atoms with Crippen LogP contribution in [0.2, 0.25) is 0 Å². The van der Waals surface area contributed by atoms with Crippen LogP contribution >= 0.6 is 0 Å². The topological polar surface area (TPSA) is 41.1 Å². The van der Waals surface area contributed by atoms with Gasteiger partial charge in [0.25, 0.3) is 0 Å². The van der Waals surface area contributed by atoms with Crippen LogP contribution in [0.3, 0.4) is 0 Å². The van der Waals surface area contributed by atoms with Gasteiger partial charge < -0.3 is 10.6 Å². The summed E-state index contributed by atoms with van der Waals surface area (Å²) in [5.41, 5.74) is 2.87. The highest BCUT2D eigenvalue weighted by atomic mass is 19.1. The number of carbonyl (C=O) groups is 1. The molecular weight excluding hydrogens is 406 g/mol. The standard InChI is InChI=1S/C27H22F2N2O/c28-23-15-7-13-21(17-23)25(19-9-3-1-4-10-19)30-27(32)31-26(20-11-5-2-6-12-20)22-14-8-16-24(29)18-22/h1-18,25-26H,(H2,30,31,32). The first-order chi connectivity index (χ1) is 15.6. The third kappa shape index (κ3) is 5.19. The molecule has 0 saturated carbocycles. The van der Waals surface area contributed by atoms with Crippen LogP contribution in [-0.2, 0) is 0 Å².